The van der Waals surface area contributed by atoms with Crippen LogP contribution in [0.15, 0.2) is 54.4 Å². The highest BCUT2D eigenvalue weighted by Crippen LogP contribution is 2.25. The molecule has 1 amide bonds. The van der Waals surface area contributed by atoms with Crippen molar-refractivity contribution in [3.05, 3.63) is 70.7 Å². The monoisotopic (exact) mass is 473 g/mol. The van der Waals surface area contributed by atoms with Crippen molar-refractivity contribution in [1.82, 2.24) is 14.7 Å². The molecule has 0 spiro atoms. The number of rotatable bonds is 8. The van der Waals surface area contributed by atoms with E-state index in [2.05, 4.69) is 11.5 Å². The number of likely N-dealkylation sites (tertiary alicyclic amines) is 1. The third-order valence-electron chi connectivity index (χ3n) is 6.39. The topological polar surface area (TPSA) is 119 Å². The van der Waals surface area contributed by atoms with E-state index in [9.17, 15) is 19.3 Å². The summed E-state index contributed by atoms with van der Waals surface area (Å²) in [4.78, 5) is 30.3. The Morgan fingerprint density at radius 2 is 1.85 bits per heavy atom. The Balaban J connectivity index is 1.49. The number of allylic oxidation sites excluding steroid dienone is 1. The normalized spacial score (nSPS) is 19.0. The van der Waals surface area contributed by atoms with Gasteiger partial charge in [0.05, 0.1) is 10.5 Å². The van der Waals surface area contributed by atoms with Gasteiger partial charge in [0.2, 0.25) is 5.91 Å². The van der Waals surface area contributed by atoms with Gasteiger partial charge in [0.25, 0.3) is 4.92 Å². The first-order valence-corrected chi connectivity index (χ1v) is 11.5. The van der Waals surface area contributed by atoms with Crippen LogP contribution in [-0.4, -0.2) is 76.6 Å². The second-order valence-corrected chi connectivity index (χ2v) is 8.82. The quantitative estimate of drug-likeness (QED) is 0.389. The summed E-state index contributed by atoms with van der Waals surface area (Å²) in [5.41, 5.74) is 12.7. The van der Waals surface area contributed by atoms with Crippen LogP contribution in [-0.2, 0) is 11.3 Å². The van der Waals surface area contributed by atoms with E-state index >= 15 is 0 Å². The number of benzene rings is 1. The second-order valence-electron chi connectivity index (χ2n) is 8.82. The predicted molar refractivity (Wildman–Crippen MR) is 127 cm³/mol. The molecule has 3 rings (SSSR count). The molecule has 0 aliphatic carbocycles. The first-order valence-electron chi connectivity index (χ1n) is 11.5. The smallest absolute Gasteiger partial charge is 0.323 e. The third-order valence-corrected chi connectivity index (χ3v) is 6.39. The summed E-state index contributed by atoms with van der Waals surface area (Å²) in [7, 11) is 0. The number of hydrogen-bond acceptors (Lipinski definition) is 6. The van der Waals surface area contributed by atoms with Crippen LogP contribution >= 0.6 is 0 Å². The van der Waals surface area contributed by atoms with Crippen LogP contribution in [0.2, 0.25) is 0 Å². The van der Waals surface area contributed by atoms with E-state index in [1.807, 2.05) is 15.9 Å². The Morgan fingerprint density at radius 3 is 2.44 bits per heavy atom. The van der Waals surface area contributed by atoms with Gasteiger partial charge in [-0.3, -0.25) is 14.6 Å². The third kappa shape index (κ3) is 6.64. The van der Waals surface area contributed by atoms with Gasteiger partial charge in [-0.1, -0.05) is 12.6 Å². The Hall–Kier alpha value is -3.24. The zero-order valence-electron chi connectivity index (χ0n) is 19.4. The van der Waals surface area contributed by atoms with Crippen LogP contribution in [0.3, 0.4) is 0 Å². The highest BCUT2D eigenvalue weighted by atomic mass is 19.1. The molecule has 184 valence electrons. The maximum absolute atomic E-state index is 14.2. The van der Waals surface area contributed by atoms with Crippen LogP contribution in [0.4, 0.5) is 10.1 Å². The number of halogens is 1. The average molecular weight is 474 g/mol. The number of carbonyl (C=O) groups is 1. The molecule has 2 aliphatic heterocycles. The van der Waals surface area contributed by atoms with Crippen LogP contribution in [0, 0.1) is 16.6 Å². The van der Waals surface area contributed by atoms with Crippen LogP contribution in [0.25, 0.3) is 0 Å². The summed E-state index contributed by atoms with van der Waals surface area (Å²) >= 11 is 0. The molecule has 0 radical (unpaired) electrons. The molecule has 5 N–H and O–H groups in total. The summed E-state index contributed by atoms with van der Waals surface area (Å²) in [6.07, 6.45) is 6.68. The standard InChI is InChI=1S/C24H34FN6O3/c1-18(27)15-19(5-8-26)16-28-9-6-20(7-10-28)24(32)30-13-11-29(12-14-30)17-21-22(25)3-2-4-23(21)31(33)34/h2-5,8,15,20H,1,6-7,9-14,16-17,26-27H2,(H,33,34)/q+1/b8-5-,19-15+. The zero-order valence-corrected chi connectivity index (χ0v) is 19.4. The van der Waals surface area contributed by atoms with Crippen LogP contribution in [0.1, 0.15) is 18.4 Å². The van der Waals surface area contributed by atoms with Gasteiger partial charge >= 0.3 is 5.69 Å². The molecule has 0 aromatic heterocycles. The molecule has 2 fully saturated rings. The minimum Gasteiger partial charge on any atom is -0.405 e. The number of nitrogens with zero attached hydrogens (tertiary/aromatic N) is 4. The molecule has 0 saturated carbocycles. The number of hydrogen-bond donors (Lipinski definition) is 3. The van der Waals surface area contributed by atoms with Gasteiger partial charge in [0.15, 0.2) is 0 Å². The first-order chi connectivity index (χ1) is 16.3. The van der Waals surface area contributed by atoms with E-state index in [-0.39, 0.29) is 34.5 Å². The number of amides is 1. The Morgan fingerprint density at radius 1 is 1.18 bits per heavy atom. The predicted octanol–water partition coefficient (Wildman–Crippen LogP) is 1.85. The summed E-state index contributed by atoms with van der Waals surface area (Å²) in [5.74, 6) is -0.375. The van der Waals surface area contributed by atoms with Gasteiger partial charge in [-0.25, -0.2) is 9.60 Å². The molecule has 2 heterocycles. The lowest BCUT2D eigenvalue weighted by molar-refractivity contribution is -0.730. The van der Waals surface area contributed by atoms with Gasteiger partial charge < -0.3 is 16.4 Å². The van der Waals surface area contributed by atoms with Gasteiger partial charge in [0, 0.05) is 56.9 Å². The Bertz CT molecular complexity index is 963. The first kappa shape index (κ1) is 25.4. The van der Waals surface area contributed by atoms with Crippen LogP contribution in [0.5, 0.6) is 0 Å². The molecular weight excluding hydrogens is 439 g/mol. The van der Waals surface area contributed by atoms with E-state index < -0.39 is 5.82 Å². The maximum atomic E-state index is 14.2. The lowest BCUT2D eigenvalue weighted by Gasteiger charge is -2.38. The summed E-state index contributed by atoms with van der Waals surface area (Å²) < 4.78 is 14.2. The molecule has 0 bridgehead atoms. The fraction of sp³-hybridized carbons (Fsp3) is 0.458. The van der Waals surface area contributed by atoms with E-state index in [0.29, 0.717) is 38.4 Å². The highest BCUT2D eigenvalue weighted by Gasteiger charge is 2.31. The van der Waals surface area contributed by atoms with Gasteiger partial charge in [-0.2, -0.15) is 0 Å². The maximum Gasteiger partial charge on any atom is 0.323 e. The minimum absolute atomic E-state index is 0.00802. The Labute approximate surface area is 199 Å². The van der Waals surface area contributed by atoms with Gasteiger partial charge in [-0.05, 0) is 55.9 Å². The summed E-state index contributed by atoms with van der Waals surface area (Å²) in [5, 5.41) is 9.26. The Kier molecular flexibility index (Phi) is 8.78. The molecule has 1 aromatic rings. The molecule has 0 atom stereocenters. The van der Waals surface area contributed by atoms with Crippen molar-refractivity contribution >= 4 is 11.6 Å². The fourth-order valence-corrected chi connectivity index (χ4v) is 4.60. The van der Waals surface area contributed by atoms with Crippen molar-refractivity contribution in [2.75, 3.05) is 45.8 Å². The minimum atomic E-state index is -0.534. The molecule has 0 unspecified atom stereocenters. The van der Waals surface area contributed by atoms with E-state index in [4.69, 9.17) is 11.5 Å². The van der Waals surface area contributed by atoms with Gasteiger partial charge in [-0.15, -0.1) is 0 Å². The molecule has 9 nitrogen and oxygen atoms in total. The van der Waals surface area contributed by atoms with Gasteiger partial charge in [0.1, 0.15) is 5.82 Å². The van der Waals surface area contributed by atoms with Crippen molar-refractivity contribution in [1.29, 1.82) is 0 Å². The molecule has 10 heteroatoms. The van der Waals surface area contributed by atoms with Crippen molar-refractivity contribution in [2.24, 2.45) is 17.4 Å². The van der Waals surface area contributed by atoms with Crippen LogP contribution < -0.4 is 11.5 Å². The number of nitrogens with two attached hydrogens (primary N) is 2. The van der Waals surface area contributed by atoms with Crippen molar-refractivity contribution in [3.63, 3.8) is 0 Å². The van der Waals surface area contributed by atoms with E-state index in [1.54, 1.807) is 6.08 Å². The van der Waals surface area contributed by atoms with E-state index in [1.165, 1.54) is 24.4 Å². The molecular formula is C24H34FN6O3+. The number of piperazine rings is 1. The number of carbonyl (C=O) groups excluding carboxylic acids is 1. The van der Waals surface area contributed by atoms with E-state index in [0.717, 1.165) is 31.5 Å². The second kappa shape index (κ2) is 11.8. The SMILES string of the molecule is C=C(N)/C=C(\C=C/N)CN1CCC(C(=O)N2CCN(Cc3c(F)cccc3[N+](=O)O)CC2)CC1. The lowest BCUT2D eigenvalue weighted by atomic mass is 9.94. The fourth-order valence-electron chi connectivity index (χ4n) is 4.60. The number of piperidine rings is 1. The van der Waals surface area contributed by atoms with Crippen molar-refractivity contribution < 1.29 is 19.3 Å². The van der Waals surface area contributed by atoms with Crippen molar-refractivity contribution in [2.45, 2.75) is 19.4 Å². The molecule has 2 saturated heterocycles. The van der Waals surface area contributed by atoms with Crippen molar-refractivity contribution in [3.8, 4) is 0 Å². The largest absolute Gasteiger partial charge is 0.405 e. The average Bonchev–Trinajstić information content (AvgIpc) is 2.80. The zero-order chi connectivity index (χ0) is 24.7. The summed E-state index contributed by atoms with van der Waals surface area (Å²) in [6, 6.07) is 4.04. The summed E-state index contributed by atoms with van der Waals surface area (Å²) in [6.45, 7) is 8.49. The lowest BCUT2D eigenvalue weighted by Crippen LogP contribution is -2.51. The molecule has 2 aliphatic rings. The molecule has 1 aromatic carbocycles. The highest BCUT2D eigenvalue weighted by molar-refractivity contribution is 5.79. The molecule has 34 heavy (non-hydrogen) atoms.